The van der Waals surface area contributed by atoms with Gasteiger partial charge in [-0.05, 0) is 24.3 Å². The SMILES string of the molecule is FC(F)(F)Oc1ccc(Oc2cc(C(F)(F)F)[c]cn2)cc1. The van der Waals surface area contributed by atoms with Crippen LogP contribution in [0, 0.1) is 6.07 Å². The van der Waals surface area contributed by atoms with E-state index in [0.717, 1.165) is 30.5 Å². The molecule has 0 amide bonds. The lowest BCUT2D eigenvalue weighted by molar-refractivity contribution is -0.274. The fourth-order valence-corrected chi connectivity index (χ4v) is 1.42. The molecule has 0 bridgehead atoms. The highest BCUT2D eigenvalue weighted by molar-refractivity contribution is 5.34. The summed E-state index contributed by atoms with van der Waals surface area (Å²) in [6.45, 7) is 0. The summed E-state index contributed by atoms with van der Waals surface area (Å²) in [7, 11) is 0. The van der Waals surface area contributed by atoms with E-state index in [4.69, 9.17) is 4.74 Å². The summed E-state index contributed by atoms with van der Waals surface area (Å²) in [6, 6.07) is 6.66. The van der Waals surface area contributed by atoms with Crippen molar-refractivity contribution >= 4 is 0 Å². The maximum absolute atomic E-state index is 12.5. The van der Waals surface area contributed by atoms with Crippen LogP contribution in [-0.4, -0.2) is 11.3 Å². The van der Waals surface area contributed by atoms with Crippen LogP contribution in [0.15, 0.2) is 36.5 Å². The van der Waals surface area contributed by atoms with Crippen LogP contribution in [0.3, 0.4) is 0 Å². The maximum Gasteiger partial charge on any atom is 0.573 e. The van der Waals surface area contributed by atoms with E-state index < -0.39 is 23.9 Å². The van der Waals surface area contributed by atoms with Gasteiger partial charge in [0.15, 0.2) is 0 Å². The molecule has 0 spiro atoms. The zero-order valence-corrected chi connectivity index (χ0v) is 10.5. The second-order valence-corrected chi connectivity index (χ2v) is 3.92. The molecule has 1 heterocycles. The van der Waals surface area contributed by atoms with E-state index in [1.54, 1.807) is 0 Å². The normalized spacial score (nSPS) is 12.1. The molecule has 1 aromatic carbocycles. The highest BCUT2D eigenvalue weighted by atomic mass is 19.4. The Morgan fingerprint density at radius 3 is 2.05 bits per heavy atom. The average Bonchev–Trinajstić information content (AvgIpc) is 2.39. The molecule has 117 valence electrons. The van der Waals surface area contributed by atoms with Gasteiger partial charge in [-0.25, -0.2) is 4.98 Å². The molecule has 0 N–H and O–H groups in total. The number of halogens is 6. The van der Waals surface area contributed by atoms with E-state index in [9.17, 15) is 26.3 Å². The largest absolute Gasteiger partial charge is 0.573 e. The number of rotatable bonds is 3. The monoisotopic (exact) mass is 322 g/mol. The number of nitrogens with zero attached hydrogens (tertiary/aromatic N) is 1. The van der Waals surface area contributed by atoms with E-state index in [1.807, 2.05) is 6.07 Å². The second kappa shape index (κ2) is 5.74. The van der Waals surface area contributed by atoms with E-state index in [1.165, 1.54) is 0 Å². The van der Waals surface area contributed by atoms with Gasteiger partial charge in [0, 0.05) is 18.3 Å². The molecule has 22 heavy (non-hydrogen) atoms. The van der Waals surface area contributed by atoms with Gasteiger partial charge in [0.2, 0.25) is 5.88 Å². The number of hydrogen-bond acceptors (Lipinski definition) is 3. The van der Waals surface area contributed by atoms with Crippen molar-refractivity contribution in [1.82, 2.24) is 4.98 Å². The summed E-state index contributed by atoms with van der Waals surface area (Å²) in [5.41, 5.74) is -1.07. The number of hydrogen-bond donors (Lipinski definition) is 0. The Balaban J connectivity index is 2.11. The van der Waals surface area contributed by atoms with Crippen molar-refractivity contribution in [3.63, 3.8) is 0 Å². The molecular formula is C13H6F6NO2. The standard InChI is InChI=1S/C13H6F6NO2/c14-12(15,16)8-5-6-20-11(7-8)21-9-1-3-10(4-2-9)22-13(17,18)19/h1-4,6-7H. The van der Waals surface area contributed by atoms with Crippen LogP contribution in [0.5, 0.6) is 17.4 Å². The van der Waals surface area contributed by atoms with Crippen molar-refractivity contribution in [2.45, 2.75) is 12.5 Å². The average molecular weight is 322 g/mol. The first-order valence-electron chi connectivity index (χ1n) is 5.62. The summed E-state index contributed by atoms with van der Waals surface area (Å²) >= 11 is 0. The van der Waals surface area contributed by atoms with Gasteiger partial charge in [0.25, 0.3) is 0 Å². The number of alkyl halides is 6. The van der Waals surface area contributed by atoms with Crippen LogP contribution in [0.4, 0.5) is 26.3 Å². The summed E-state index contributed by atoms with van der Waals surface area (Å²) in [6.07, 6.45) is -8.65. The molecule has 0 atom stereocenters. The molecule has 3 nitrogen and oxygen atoms in total. The number of pyridine rings is 1. The maximum atomic E-state index is 12.5. The van der Waals surface area contributed by atoms with Crippen LogP contribution in [0.25, 0.3) is 0 Å². The Bertz CT molecular complexity index is 636. The van der Waals surface area contributed by atoms with Crippen molar-refractivity contribution in [3.8, 4) is 17.4 Å². The minimum atomic E-state index is -4.83. The summed E-state index contributed by atoms with van der Waals surface area (Å²) < 4.78 is 82.0. The third-order valence-electron chi connectivity index (χ3n) is 2.26. The zero-order chi connectivity index (χ0) is 16.4. The zero-order valence-electron chi connectivity index (χ0n) is 10.5. The number of ether oxygens (including phenoxy) is 2. The fraction of sp³-hybridized carbons (Fsp3) is 0.154. The summed E-state index contributed by atoms with van der Waals surface area (Å²) in [5.74, 6) is -0.845. The third kappa shape index (κ3) is 4.54. The van der Waals surface area contributed by atoms with Gasteiger partial charge >= 0.3 is 12.5 Å². The van der Waals surface area contributed by atoms with E-state index in [-0.39, 0.29) is 11.6 Å². The fourth-order valence-electron chi connectivity index (χ4n) is 1.42. The molecule has 9 heteroatoms. The van der Waals surface area contributed by atoms with Crippen molar-refractivity contribution in [3.05, 3.63) is 48.2 Å². The van der Waals surface area contributed by atoms with Crippen LogP contribution < -0.4 is 9.47 Å². The molecule has 2 rings (SSSR count). The van der Waals surface area contributed by atoms with Crippen molar-refractivity contribution in [1.29, 1.82) is 0 Å². The number of benzene rings is 1. The van der Waals surface area contributed by atoms with Crippen LogP contribution in [0.2, 0.25) is 0 Å². The Kier molecular flexibility index (Phi) is 4.16. The van der Waals surface area contributed by atoms with Gasteiger partial charge in [-0.1, -0.05) is 0 Å². The van der Waals surface area contributed by atoms with Gasteiger partial charge in [-0.2, -0.15) is 13.2 Å². The Morgan fingerprint density at radius 2 is 1.50 bits per heavy atom. The molecule has 0 aliphatic carbocycles. The Hall–Kier alpha value is -2.45. The highest BCUT2D eigenvalue weighted by Crippen LogP contribution is 2.32. The molecule has 1 radical (unpaired) electrons. The Labute approximate surface area is 120 Å². The van der Waals surface area contributed by atoms with Gasteiger partial charge in [0.05, 0.1) is 5.56 Å². The first-order valence-corrected chi connectivity index (χ1v) is 5.62. The van der Waals surface area contributed by atoms with E-state index in [2.05, 4.69) is 9.72 Å². The lowest BCUT2D eigenvalue weighted by Crippen LogP contribution is -2.16. The molecule has 0 saturated heterocycles. The predicted octanol–water partition coefficient (Wildman–Crippen LogP) is 4.59. The third-order valence-corrected chi connectivity index (χ3v) is 2.26. The summed E-state index contributed by atoms with van der Waals surface area (Å²) in [4.78, 5) is 3.54. The van der Waals surface area contributed by atoms with Crippen molar-refractivity contribution in [2.24, 2.45) is 0 Å². The molecule has 1 aromatic heterocycles. The van der Waals surface area contributed by atoms with Gasteiger partial charge in [0.1, 0.15) is 11.5 Å². The minimum Gasteiger partial charge on any atom is -0.439 e. The molecule has 0 unspecified atom stereocenters. The van der Waals surface area contributed by atoms with Crippen molar-refractivity contribution in [2.75, 3.05) is 0 Å². The van der Waals surface area contributed by atoms with Crippen molar-refractivity contribution < 1.29 is 35.8 Å². The molecule has 0 fully saturated rings. The predicted molar refractivity (Wildman–Crippen MR) is 61.3 cm³/mol. The first kappa shape index (κ1) is 15.9. The van der Waals surface area contributed by atoms with Gasteiger partial charge in [-0.15, -0.1) is 13.2 Å². The van der Waals surface area contributed by atoms with Crippen LogP contribution >= 0.6 is 0 Å². The topological polar surface area (TPSA) is 31.4 Å². The minimum absolute atomic E-state index is 0.00125. The summed E-state index contributed by atoms with van der Waals surface area (Å²) in [5, 5.41) is 0. The molecule has 0 saturated carbocycles. The van der Waals surface area contributed by atoms with Crippen LogP contribution in [-0.2, 0) is 6.18 Å². The van der Waals surface area contributed by atoms with Gasteiger partial charge < -0.3 is 9.47 Å². The molecule has 0 aliphatic heterocycles. The Morgan fingerprint density at radius 1 is 0.909 bits per heavy atom. The molecule has 0 aliphatic rings. The smallest absolute Gasteiger partial charge is 0.439 e. The van der Waals surface area contributed by atoms with Crippen LogP contribution in [0.1, 0.15) is 5.56 Å². The quantitative estimate of drug-likeness (QED) is 0.775. The molecular weight excluding hydrogens is 316 g/mol. The molecule has 2 aromatic rings. The second-order valence-electron chi connectivity index (χ2n) is 3.92. The van der Waals surface area contributed by atoms with E-state index >= 15 is 0 Å². The first-order chi connectivity index (χ1) is 10.1. The highest BCUT2D eigenvalue weighted by Gasteiger charge is 2.32. The lowest BCUT2D eigenvalue weighted by atomic mass is 10.2. The number of aromatic nitrogens is 1. The lowest BCUT2D eigenvalue weighted by Gasteiger charge is -2.10. The van der Waals surface area contributed by atoms with E-state index in [0.29, 0.717) is 6.07 Å². The van der Waals surface area contributed by atoms with Gasteiger partial charge in [-0.3, -0.25) is 0 Å².